The molecule has 1 aliphatic heterocycles. The zero-order valence-corrected chi connectivity index (χ0v) is 13.5. The first kappa shape index (κ1) is 15.9. The average molecular weight is 333 g/mol. The lowest BCUT2D eigenvalue weighted by atomic mass is 10.2. The van der Waals surface area contributed by atoms with E-state index in [1.165, 1.54) is 11.8 Å². The summed E-state index contributed by atoms with van der Waals surface area (Å²) in [5.41, 5.74) is 1.42. The molecule has 3 amide bonds. The average Bonchev–Trinajstić information content (AvgIpc) is 3.31. The number of nitrogens with one attached hydrogen (secondary N) is 2. The molecule has 3 rings (SSSR count). The Morgan fingerprint density at radius 1 is 1.13 bits per heavy atom. The fraction of sp³-hybridized carbons (Fsp3) is 0.438. The number of rotatable bonds is 6. The molecule has 0 atom stereocenters. The standard InChI is InChI=1S/C16H19N3O3S/c20-14(7-8-19-9-10-23-16(19)22)17-12-3-5-13(6-4-12)18-15(21)11-1-2-11/h3-6,11H,1-2,7-10H2,(H,17,20)(H,18,21). The van der Waals surface area contributed by atoms with E-state index in [4.69, 9.17) is 0 Å². The second kappa shape index (κ2) is 7.04. The molecule has 2 aliphatic rings. The summed E-state index contributed by atoms with van der Waals surface area (Å²) in [6.07, 6.45) is 2.22. The van der Waals surface area contributed by atoms with Crippen molar-refractivity contribution in [3.05, 3.63) is 24.3 Å². The number of benzene rings is 1. The van der Waals surface area contributed by atoms with Crippen molar-refractivity contribution in [3.63, 3.8) is 0 Å². The van der Waals surface area contributed by atoms with E-state index in [1.807, 2.05) is 0 Å². The third kappa shape index (κ3) is 4.48. The maximum Gasteiger partial charge on any atom is 0.281 e. The minimum absolute atomic E-state index is 0.0496. The number of carbonyl (C=O) groups excluding carboxylic acids is 3. The van der Waals surface area contributed by atoms with Crippen LogP contribution in [0.2, 0.25) is 0 Å². The summed E-state index contributed by atoms with van der Waals surface area (Å²) in [4.78, 5) is 36.7. The van der Waals surface area contributed by atoms with Crippen LogP contribution in [-0.4, -0.2) is 40.8 Å². The van der Waals surface area contributed by atoms with Crippen LogP contribution < -0.4 is 10.6 Å². The van der Waals surface area contributed by atoms with Crippen molar-refractivity contribution in [2.24, 2.45) is 5.92 Å². The summed E-state index contributed by atoms with van der Waals surface area (Å²) in [6, 6.07) is 7.07. The van der Waals surface area contributed by atoms with Gasteiger partial charge in [-0.3, -0.25) is 14.4 Å². The molecule has 1 aromatic carbocycles. The molecular formula is C16H19N3O3S. The van der Waals surface area contributed by atoms with Crippen LogP contribution in [0.1, 0.15) is 19.3 Å². The molecule has 0 unspecified atom stereocenters. The maximum absolute atomic E-state index is 11.9. The molecule has 6 nitrogen and oxygen atoms in total. The molecule has 0 aromatic heterocycles. The van der Waals surface area contributed by atoms with Crippen LogP contribution in [0.15, 0.2) is 24.3 Å². The van der Waals surface area contributed by atoms with E-state index in [0.29, 0.717) is 18.8 Å². The molecule has 0 bridgehead atoms. The quantitative estimate of drug-likeness (QED) is 0.838. The van der Waals surface area contributed by atoms with E-state index >= 15 is 0 Å². The molecule has 7 heteroatoms. The third-order valence-electron chi connectivity index (χ3n) is 3.84. The minimum Gasteiger partial charge on any atom is -0.332 e. The fourth-order valence-corrected chi connectivity index (χ4v) is 3.17. The zero-order chi connectivity index (χ0) is 16.2. The summed E-state index contributed by atoms with van der Waals surface area (Å²) >= 11 is 1.29. The van der Waals surface area contributed by atoms with Gasteiger partial charge in [0.25, 0.3) is 5.24 Å². The van der Waals surface area contributed by atoms with E-state index in [2.05, 4.69) is 10.6 Å². The SMILES string of the molecule is O=C(CCN1CCSC1=O)Nc1ccc(NC(=O)C2CC2)cc1. The smallest absolute Gasteiger partial charge is 0.281 e. The summed E-state index contributed by atoms with van der Waals surface area (Å²) in [7, 11) is 0. The lowest BCUT2D eigenvalue weighted by Crippen LogP contribution is -2.27. The maximum atomic E-state index is 11.9. The predicted molar refractivity (Wildman–Crippen MR) is 90.5 cm³/mol. The van der Waals surface area contributed by atoms with E-state index in [1.54, 1.807) is 29.2 Å². The molecule has 0 radical (unpaired) electrons. The van der Waals surface area contributed by atoms with Crippen molar-refractivity contribution in [1.82, 2.24) is 4.90 Å². The van der Waals surface area contributed by atoms with E-state index in [0.717, 1.165) is 24.3 Å². The Morgan fingerprint density at radius 3 is 2.35 bits per heavy atom. The largest absolute Gasteiger partial charge is 0.332 e. The van der Waals surface area contributed by atoms with Crippen LogP contribution in [-0.2, 0) is 9.59 Å². The second-order valence-corrected chi connectivity index (χ2v) is 6.79. The van der Waals surface area contributed by atoms with E-state index < -0.39 is 0 Å². The Balaban J connectivity index is 1.44. The van der Waals surface area contributed by atoms with Gasteiger partial charge in [-0.25, -0.2) is 0 Å². The van der Waals surface area contributed by atoms with Gasteiger partial charge in [-0.15, -0.1) is 0 Å². The third-order valence-corrected chi connectivity index (χ3v) is 4.73. The van der Waals surface area contributed by atoms with Gasteiger partial charge in [0.2, 0.25) is 11.8 Å². The van der Waals surface area contributed by atoms with Gasteiger partial charge in [-0.1, -0.05) is 11.8 Å². The molecule has 1 saturated heterocycles. The van der Waals surface area contributed by atoms with Gasteiger partial charge in [0, 0.05) is 42.6 Å². The Labute approximate surface area is 139 Å². The molecular weight excluding hydrogens is 314 g/mol. The predicted octanol–water partition coefficient (Wildman–Crippen LogP) is 2.53. The lowest BCUT2D eigenvalue weighted by molar-refractivity contribution is -0.117. The van der Waals surface area contributed by atoms with E-state index in [9.17, 15) is 14.4 Å². The number of hydrogen-bond donors (Lipinski definition) is 2. The summed E-state index contributed by atoms with van der Waals surface area (Å²) in [6.45, 7) is 1.17. The van der Waals surface area contributed by atoms with Crippen molar-refractivity contribution >= 4 is 40.2 Å². The highest BCUT2D eigenvalue weighted by atomic mass is 32.2. The normalized spacial score (nSPS) is 17.2. The van der Waals surface area contributed by atoms with Gasteiger partial charge in [-0.05, 0) is 37.1 Å². The molecule has 23 heavy (non-hydrogen) atoms. The monoisotopic (exact) mass is 333 g/mol. The highest BCUT2D eigenvalue weighted by molar-refractivity contribution is 8.13. The topological polar surface area (TPSA) is 78.5 Å². The van der Waals surface area contributed by atoms with Crippen molar-refractivity contribution in [1.29, 1.82) is 0 Å². The van der Waals surface area contributed by atoms with Gasteiger partial charge in [-0.2, -0.15) is 0 Å². The van der Waals surface area contributed by atoms with Crippen LogP contribution in [0, 0.1) is 5.92 Å². The summed E-state index contributed by atoms with van der Waals surface area (Å²) < 4.78 is 0. The first-order valence-electron chi connectivity index (χ1n) is 7.74. The summed E-state index contributed by atoms with van der Waals surface area (Å²) in [5.74, 6) is 0.911. The Kier molecular flexibility index (Phi) is 4.85. The molecule has 2 fully saturated rings. The van der Waals surface area contributed by atoms with E-state index in [-0.39, 0.29) is 29.4 Å². The van der Waals surface area contributed by atoms with Gasteiger partial charge in [0.1, 0.15) is 0 Å². The Morgan fingerprint density at radius 2 is 1.78 bits per heavy atom. The number of carbonyl (C=O) groups is 3. The second-order valence-electron chi connectivity index (χ2n) is 5.74. The number of amides is 3. The molecule has 2 N–H and O–H groups in total. The van der Waals surface area contributed by atoms with Gasteiger partial charge >= 0.3 is 0 Å². The molecule has 1 heterocycles. The van der Waals surface area contributed by atoms with Crippen LogP contribution >= 0.6 is 11.8 Å². The first-order chi connectivity index (χ1) is 11.1. The number of anilines is 2. The van der Waals surface area contributed by atoms with Crippen molar-refractivity contribution in [3.8, 4) is 0 Å². The van der Waals surface area contributed by atoms with Crippen molar-refractivity contribution < 1.29 is 14.4 Å². The molecule has 1 aromatic rings. The molecule has 1 saturated carbocycles. The molecule has 1 aliphatic carbocycles. The van der Waals surface area contributed by atoms with Gasteiger partial charge in [0.15, 0.2) is 0 Å². The molecule has 122 valence electrons. The highest BCUT2D eigenvalue weighted by Crippen LogP contribution is 2.30. The Bertz CT molecular complexity index is 614. The molecule has 0 spiro atoms. The zero-order valence-electron chi connectivity index (χ0n) is 12.7. The number of hydrogen-bond acceptors (Lipinski definition) is 4. The number of nitrogens with zero attached hydrogens (tertiary/aromatic N) is 1. The van der Waals surface area contributed by atoms with Crippen LogP contribution in [0.3, 0.4) is 0 Å². The van der Waals surface area contributed by atoms with Crippen molar-refractivity contribution in [2.75, 3.05) is 29.5 Å². The van der Waals surface area contributed by atoms with Crippen LogP contribution in [0.5, 0.6) is 0 Å². The fourth-order valence-electron chi connectivity index (χ4n) is 2.32. The van der Waals surface area contributed by atoms with Crippen LogP contribution in [0.4, 0.5) is 16.2 Å². The lowest BCUT2D eigenvalue weighted by Gasteiger charge is -2.14. The number of thioether (sulfide) groups is 1. The minimum atomic E-state index is -0.121. The Hall–Kier alpha value is -2.02. The van der Waals surface area contributed by atoms with Crippen LogP contribution in [0.25, 0.3) is 0 Å². The van der Waals surface area contributed by atoms with Gasteiger partial charge < -0.3 is 15.5 Å². The first-order valence-corrected chi connectivity index (χ1v) is 8.73. The summed E-state index contributed by atoms with van der Waals surface area (Å²) in [5, 5.41) is 5.70. The van der Waals surface area contributed by atoms with Crippen molar-refractivity contribution in [2.45, 2.75) is 19.3 Å². The van der Waals surface area contributed by atoms with Gasteiger partial charge in [0.05, 0.1) is 0 Å². The highest BCUT2D eigenvalue weighted by Gasteiger charge is 2.29.